The Bertz CT molecular complexity index is 495. The van der Waals surface area contributed by atoms with Gasteiger partial charge in [-0.3, -0.25) is 4.90 Å². The summed E-state index contributed by atoms with van der Waals surface area (Å²) in [4.78, 5) is 14.1. The van der Waals surface area contributed by atoms with Crippen molar-refractivity contribution in [3.63, 3.8) is 0 Å². The van der Waals surface area contributed by atoms with E-state index in [1.54, 1.807) is 9.58 Å². The number of ether oxygens (including phenoxy) is 1. The van der Waals surface area contributed by atoms with E-state index in [1.165, 1.54) is 0 Å². The summed E-state index contributed by atoms with van der Waals surface area (Å²) < 4.78 is 8.00. The first kappa shape index (κ1) is 15.3. The van der Waals surface area contributed by atoms with Crippen LogP contribution in [-0.2, 0) is 4.74 Å². The van der Waals surface area contributed by atoms with E-state index >= 15 is 0 Å². The lowest BCUT2D eigenvalue weighted by Crippen LogP contribution is -2.44. The van der Waals surface area contributed by atoms with Crippen molar-refractivity contribution >= 4 is 22.0 Å². The largest absolute Gasteiger partial charge is 0.444 e. The minimum atomic E-state index is -0.489. The van der Waals surface area contributed by atoms with Crippen LogP contribution < -0.4 is 0 Å². The van der Waals surface area contributed by atoms with Crippen LogP contribution in [0.4, 0.5) is 4.79 Å². The summed E-state index contributed by atoms with van der Waals surface area (Å²) in [5.74, 6) is 0. The molecule has 1 aliphatic rings. The molecule has 1 aromatic rings. The second-order valence-corrected chi connectivity index (χ2v) is 6.81. The molecule has 0 radical (unpaired) electrons. The number of carbonyl (C=O) groups excluding carboxylic acids is 1. The Balaban J connectivity index is 2.21. The van der Waals surface area contributed by atoms with Gasteiger partial charge in [0.05, 0.1) is 5.69 Å². The van der Waals surface area contributed by atoms with Crippen LogP contribution in [0.25, 0.3) is 0 Å². The highest BCUT2D eigenvalue weighted by Crippen LogP contribution is 2.29. The van der Waals surface area contributed by atoms with Gasteiger partial charge in [0, 0.05) is 6.54 Å². The molecule has 6 nitrogen and oxygen atoms in total. The zero-order chi connectivity index (χ0) is 14.9. The van der Waals surface area contributed by atoms with Gasteiger partial charge in [-0.2, -0.15) is 0 Å². The molecule has 1 atom stereocenters. The van der Waals surface area contributed by atoms with Crippen LogP contribution in [0.3, 0.4) is 0 Å². The highest BCUT2D eigenvalue weighted by molar-refractivity contribution is 9.10. The number of carbonyl (C=O) groups is 1. The summed E-state index contributed by atoms with van der Waals surface area (Å²) >= 11 is 3.36. The molecular weight excluding hydrogens is 324 g/mol. The van der Waals surface area contributed by atoms with Crippen LogP contribution in [0.1, 0.15) is 51.9 Å². The number of halogens is 1. The van der Waals surface area contributed by atoms with E-state index in [4.69, 9.17) is 4.74 Å². The molecular formula is C13H21BrN4O2. The Hall–Kier alpha value is -1.11. The smallest absolute Gasteiger partial charge is 0.412 e. The molecule has 1 unspecified atom stereocenters. The molecule has 2 rings (SSSR count). The van der Waals surface area contributed by atoms with Gasteiger partial charge in [0.2, 0.25) is 0 Å². The van der Waals surface area contributed by atoms with E-state index in [0.29, 0.717) is 11.1 Å². The monoisotopic (exact) mass is 344 g/mol. The molecule has 1 aliphatic heterocycles. The second kappa shape index (κ2) is 5.71. The molecule has 1 aromatic heterocycles. The number of likely N-dealkylation sites (tertiary alicyclic amines) is 1. The van der Waals surface area contributed by atoms with Crippen LogP contribution in [0, 0.1) is 6.92 Å². The van der Waals surface area contributed by atoms with Crippen LogP contribution in [0.5, 0.6) is 0 Å². The maximum absolute atomic E-state index is 12.3. The van der Waals surface area contributed by atoms with Gasteiger partial charge >= 0.3 is 6.09 Å². The molecule has 0 N–H and O–H groups in total. The molecule has 1 fully saturated rings. The normalized spacial score (nSPS) is 20.1. The molecule has 0 bridgehead atoms. The zero-order valence-corrected chi connectivity index (χ0v) is 14.0. The second-order valence-electron chi connectivity index (χ2n) is 6.06. The Morgan fingerprint density at radius 3 is 2.65 bits per heavy atom. The van der Waals surface area contributed by atoms with Gasteiger partial charge in [0.15, 0.2) is 4.60 Å². The van der Waals surface area contributed by atoms with E-state index in [-0.39, 0.29) is 12.3 Å². The molecule has 112 valence electrons. The van der Waals surface area contributed by atoms with Gasteiger partial charge in [-0.15, -0.1) is 5.10 Å². The van der Waals surface area contributed by atoms with Gasteiger partial charge in [0.1, 0.15) is 11.8 Å². The first-order chi connectivity index (χ1) is 9.29. The lowest BCUT2D eigenvalue weighted by molar-refractivity contribution is -0.00412. The molecule has 1 amide bonds. The minimum absolute atomic E-state index is 0.114. The van der Waals surface area contributed by atoms with Crippen molar-refractivity contribution in [3.8, 4) is 0 Å². The molecule has 2 heterocycles. The molecule has 0 spiro atoms. The number of hydrogen-bond acceptors (Lipinski definition) is 4. The van der Waals surface area contributed by atoms with Gasteiger partial charge in [-0.1, -0.05) is 5.21 Å². The molecule has 0 aromatic carbocycles. The fourth-order valence-corrected chi connectivity index (χ4v) is 2.56. The Labute approximate surface area is 127 Å². The quantitative estimate of drug-likeness (QED) is 0.784. The third kappa shape index (κ3) is 3.31. The van der Waals surface area contributed by atoms with E-state index in [9.17, 15) is 4.79 Å². The fraction of sp³-hybridized carbons (Fsp3) is 0.769. The van der Waals surface area contributed by atoms with Crippen molar-refractivity contribution in [1.29, 1.82) is 0 Å². The predicted molar refractivity (Wildman–Crippen MR) is 78.3 cm³/mol. The topological polar surface area (TPSA) is 60.2 Å². The van der Waals surface area contributed by atoms with Gasteiger partial charge in [-0.05, 0) is 62.9 Å². The lowest BCUT2D eigenvalue weighted by Gasteiger charge is -2.36. The van der Waals surface area contributed by atoms with Crippen molar-refractivity contribution in [2.75, 3.05) is 6.54 Å². The third-order valence-corrected chi connectivity index (χ3v) is 3.98. The number of rotatable bonds is 1. The first-order valence-electron chi connectivity index (χ1n) is 6.86. The molecule has 0 saturated carbocycles. The summed E-state index contributed by atoms with van der Waals surface area (Å²) in [6.45, 7) is 8.26. The van der Waals surface area contributed by atoms with Crippen molar-refractivity contribution < 1.29 is 9.53 Å². The fourth-order valence-electron chi connectivity index (χ4n) is 2.31. The highest BCUT2D eigenvalue weighted by atomic mass is 79.9. The SMILES string of the molecule is Cc1c(Br)nnn1C1CCCCN1C(=O)OC(C)(C)C. The minimum Gasteiger partial charge on any atom is -0.444 e. The number of nitrogens with zero attached hydrogens (tertiary/aromatic N) is 4. The van der Waals surface area contributed by atoms with Crippen molar-refractivity contribution in [2.45, 2.75) is 58.7 Å². The predicted octanol–water partition coefficient (Wildman–Crippen LogP) is 3.27. The average Bonchev–Trinajstić information content (AvgIpc) is 2.68. The molecule has 7 heteroatoms. The van der Waals surface area contributed by atoms with Gasteiger partial charge in [0.25, 0.3) is 0 Å². The number of hydrogen-bond donors (Lipinski definition) is 0. The van der Waals surface area contributed by atoms with Crippen LogP contribution in [-0.4, -0.2) is 38.1 Å². The van der Waals surface area contributed by atoms with E-state index in [1.807, 2.05) is 27.7 Å². The zero-order valence-electron chi connectivity index (χ0n) is 12.4. The summed E-state index contributed by atoms with van der Waals surface area (Å²) in [5.41, 5.74) is 0.433. The number of amides is 1. The lowest BCUT2D eigenvalue weighted by atomic mass is 10.1. The average molecular weight is 345 g/mol. The standard InChI is InChI=1S/C13H21BrN4O2/c1-9-11(14)15-16-18(9)10-7-5-6-8-17(10)12(19)20-13(2,3)4/h10H,5-8H2,1-4H3. The maximum atomic E-state index is 12.3. The van der Waals surface area contributed by atoms with Crippen LogP contribution >= 0.6 is 15.9 Å². The van der Waals surface area contributed by atoms with Crippen molar-refractivity contribution in [3.05, 3.63) is 10.3 Å². The van der Waals surface area contributed by atoms with Crippen molar-refractivity contribution in [1.82, 2.24) is 19.9 Å². The summed E-state index contributed by atoms with van der Waals surface area (Å²) in [6.07, 6.45) is 2.53. The highest BCUT2D eigenvalue weighted by Gasteiger charge is 2.33. The van der Waals surface area contributed by atoms with Gasteiger partial charge in [-0.25, -0.2) is 9.48 Å². The molecule has 0 aliphatic carbocycles. The first-order valence-corrected chi connectivity index (χ1v) is 7.66. The summed E-state index contributed by atoms with van der Waals surface area (Å²) in [6, 6.07) is 0. The van der Waals surface area contributed by atoms with Gasteiger partial charge < -0.3 is 4.74 Å². The number of piperidine rings is 1. The summed E-state index contributed by atoms with van der Waals surface area (Å²) in [5, 5.41) is 8.15. The Morgan fingerprint density at radius 1 is 1.40 bits per heavy atom. The number of aromatic nitrogens is 3. The van der Waals surface area contributed by atoms with E-state index < -0.39 is 5.60 Å². The third-order valence-electron chi connectivity index (χ3n) is 3.25. The van der Waals surface area contributed by atoms with Crippen molar-refractivity contribution in [2.24, 2.45) is 0 Å². The Morgan fingerprint density at radius 2 is 2.10 bits per heavy atom. The Kier molecular flexibility index (Phi) is 4.36. The van der Waals surface area contributed by atoms with E-state index in [0.717, 1.165) is 25.0 Å². The van der Waals surface area contributed by atoms with E-state index in [2.05, 4.69) is 26.2 Å². The van der Waals surface area contributed by atoms with Crippen LogP contribution in [0.15, 0.2) is 4.60 Å². The molecule has 1 saturated heterocycles. The molecule has 20 heavy (non-hydrogen) atoms. The summed E-state index contributed by atoms with van der Waals surface area (Å²) in [7, 11) is 0. The maximum Gasteiger partial charge on any atom is 0.412 e. The van der Waals surface area contributed by atoms with Crippen LogP contribution in [0.2, 0.25) is 0 Å².